The minimum absolute atomic E-state index is 0. The van der Waals surface area contributed by atoms with Crippen molar-refractivity contribution >= 4 is 18.3 Å². The lowest BCUT2D eigenvalue weighted by atomic mass is 9.85. The predicted octanol–water partition coefficient (Wildman–Crippen LogP) is 3.01. The van der Waals surface area contributed by atoms with Crippen LogP contribution in [0.1, 0.15) is 64.2 Å². The molecule has 116 valence electrons. The van der Waals surface area contributed by atoms with Crippen molar-refractivity contribution in [1.29, 1.82) is 0 Å². The van der Waals surface area contributed by atoms with Crippen molar-refractivity contribution in [3.05, 3.63) is 0 Å². The summed E-state index contributed by atoms with van der Waals surface area (Å²) < 4.78 is 0. The van der Waals surface area contributed by atoms with E-state index >= 15 is 0 Å². The van der Waals surface area contributed by atoms with Crippen molar-refractivity contribution in [2.24, 2.45) is 23.5 Å². The average Bonchev–Trinajstić information content (AvgIpc) is 3.23. The molecule has 0 aromatic rings. The molecule has 1 amide bonds. The number of carbonyl (C=O) groups excluding carboxylic acids is 1. The van der Waals surface area contributed by atoms with Gasteiger partial charge in [-0.1, -0.05) is 32.1 Å². The van der Waals surface area contributed by atoms with Gasteiger partial charge in [0.1, 0.15) is 0 Å². The Morgan fingerprint density at radius 3 is 2.25 bits per heavy atom. The summed E-state index contributed by atoms with van der Waals surface area (Å²) in [6, 6.07) is 0.768. The topological polar surface area (TPSA) is 55.1 Å². The Morgan fingerprint density at radius 2 is 1.60 bits per heavy atom. The van der Waals surface area contributed by atoms with Crippen LogP contribution in [0.5, 0.6) is 0 Å². The van der Waals surface area contributed by atoms with Crippen molar-refractivity contribution in [2.45, 2.75) is 76.3 Å². The van der Waals surface area contributed by atoms with Crippen LogP contribution >= 0.6 is 12.4 Å². The summed E-state index contributed by atoms with van der Waals surface area (Å²) in [7, 11) is 0. The van der Waals surface area contributed by atoms with Crippen LogP contribution in [0, 0.1) is 17.8 Å². The Balaban J connectivity index is 0.00000147. The van der Waals surface area contributed by atoms with E-state index in [1.165, 1.54) is 32.1 Å². The van der Waals surface area contributed by atoms with Gasteiger partial charge in [0.05, 0.1) is 0 Å². The van der Waals surface area contributed by atoms with Gasteiger partial charge in [-0.15, -0.1) is 12.4 Å². The maximum atomic E-state index is 12.3. The number of rotatable bonds is 3. The van der Waals surface area contributed by atoms with Crippen molar-refractivity contribution in [1.82, 2.24) is 5.32 Å². The number of hydrogen-bond donors (Lipinski definition) is 2. The first-order chi connectivity index (χ1) is 9.24. The SMILES string of the molecule is Cl.NC1CCC(NC(=O)C2CC2C2CCCCC2)CC1. The highest BCUT2D eigenvalue weighted by molar-refractivity contribution is 5.85. The molecule has 4 heteroatoms. The molecule has 2 atom stereocenters. The van der Waals surface area contributed by atoms with Gasteiger partial charge in [-0.05, 0) is 43.9 Å². The van der Waals surface area contributed by atoms with Crippen LogP contribution in [0.3, 0.4) is 0 Å². The van der Waals surface area contributed by atoms with Crippen molar-refractivity contribution in [2.75, 3.05) is 0 Å². The van der Waals surface area contributed by atoms with Gasteiger partial charge in [-0.2, -0.15) is 0 Å². The third kappa shape index (κ3) is 3.88. The second-order valence-electron chi connectivity index (χ2n) is 7.02. The molecule has 3 aliphatic carbocycles. The fourth-order valence-electron chi connectivity index (χ4n) is 4.17. The van der Waals surface area contributed by atoms with Crippen LogP contribution in [0.4, 0.5) is 0 Å². The molecule has 0 bridgehead atoms. The van der Waals surface area contributed by atoms with E-state index in [0.717, 1.165) is 38.0 Å². The maximum absolute atomic E-state index is 12.3. The normalized spacial score (nSPS) is 37.9. The molecule has 3 nitrogen and oxygen atoms in total. The highest BCUT2D eigenvalue weighted by Gasteiger charge is 2.47. The van der Waals surface area contributed by atoms with Gasteiger partial charge >= 0.3 is 0 Å². The predicted molar refractivity (Wildman–Crippen MR) is 83.8 cm³/mol. The van der Waals surface area contributed by atoms with Gasteiger partial charge in [0.2, 0.25) is 5.91 Å². The zero-order valence-corrected chi connectivity index (χ0v) is 13.2. The molecule has 0 aromatic carbocycles. The van der Waals surface area contributed by atoms with Crippen LogP contribution in [0.2, 0.25) is 0 Å². The van der Waals surface area contributed by atoms with Crippen molar-refractivity contribution < 1.29 is 4.79 Å². The molecule has 20 heavy (non-hydrogen) atoms. The third-order valence-corrected chi connectivity index (χ3v) is 5.55. The molecular weight excluding hydrogens is 272 g/mol. The van der Waals surface area contributed by atoms with E-state index in [-0.39, 0.29) is 12.4 Å². The number of halogens is 1. The lowest BCUT2D eigenvalue weighted by molar-refractivity contribution is -0.123. The number of hydrogen-bond acceptors (Lipinski definition) is 2. The van der Waals surface area contributed by atoms with E-state index in [2.05, 4.69) is 5.32 Å². The van der Waals surface area contributed by atoms with Gasteiger partial charge in [0, 0.05) is 18.0 Å². The van der Waals surface area contributed by atoms with E-state index in [1.807, 2.05) is 0 Å². The van der Waals surface area contributed by atoms with Gasteiger partial charge in [0.15, 0.2) is 0 Å². The van der Waals surface area contributed by atoms with Gasteiger partial charge in [-0.25, -0.2) is 0 Å². The largest absolute Gasteiger partial charge is 0.353 e. The molecule has 3 N–H and O–H groups in total. The molecule has 0 heterocycles. The molecule has 3 rings (SSSR count). The molecule has 0 radical (unpaired) electrons. The van der Waals surface area contributed by atoms with Crippen LogP contribution in [0.15, 0.2) is 0 Å². The monoisotopic (exact) mass is 300 g/mol. The van der Waals surface area contributed by atoms with Crippen molar-refractivity contribution in [3.63, 3.8) is 0 Å². The standard InChI is InChI=1S/C16H28N2O.ClH/c17-12-6-8-13(9-7-12)18-16(19)15-10-14(15)11-4-2-1-3-5-11;/h11-15H,1-10,17H2,(H,18,19);1H. The summed E-state index contributed by atoms with van der Waals surface area (Å²) in [5, 5.41) is 3.28. The third-order valence-electron chi connectivity index (χ3n) is 5.55. The number of nitrogens with one attached hydrogen (secondary N) is 1. The first-order valence-corrected chi connectivity index (χ1v) is 8.30. The molecule has 3 fully saturated rings. The summed E-state index contributed by atoms with van der Waals surface area (Å²) in [5.74, 6) is 2.25. The highest BCUT2D eigenvalue weighted by Crippen LogP contribution is 2.49. The summed E-state index contributed by atoms with van der Waals surface area (Å²) >= 11 is 0. The summed E-state index contributed by atoms with van der Waals surface area (Å²) in [5.41, 5.74) is 5.91. The lowest BCUT2D eigenvalue weighted by Crippen LogP contribution is -2.41. The van der Waals surface area contributed by atoms with Crippen LogP contribution in [-0.4, -0.2) is 18.0 Å². The van der Waals surface area contributed by atoms with Crippen LogP contribution in [-0.2, 0) is 4.79 Å². The van der Waals surface area contributed by atoms with Gasteiger partial charge < -0.3 is 11.1 Å². The van der Waals surface area contributed by atoms with E-state index < -0.39 is 0 Å². The fourth-order valence-corrected chi connectivity index (χ4v) is 4.17. The van der Waals surface area contributed by atoms with Crippen LogP contribution < -0.4 is 11.1 Å². The zero-order chi connectivity index (χ0) is 13.2. The van der Waals surface area contributed by atoms with E-state index in [0.29, 0.717) is 29.8 Å². The number of nitrogens with two attached hydrogens (primary N) is 1. The Kier molecular flexibility index (Phi) is 5.74. The van der Waals surface area contributed by atoms with Gasteiger partial charge in [0.25, 0.3) is 0 Å². The van der Waals surface area contributed by atoms with Crippen LogP contribution in [0.25, 0.3) is 0 Å². The Bertz CT molecular complexity index is 322. The first-order valence-electron chi connectivity index (χ1n) is 8.30. The number of carbonyl (C=O) groups is 1. The molecule has 3 saturated carbocycles. The van der Waals surface area contributed by atoms with Gasteiger partial charge in [-0.3, -0.25) is 4.79 Å². The van der Waals surface area contributed by atoms with E-state index in [9.17, 15) is 4.79 Å². The number of amides is 1. The highest BCUT2D eigenvalue weighted by atomic mass is 35.5. The first kappa shape index (κ1) is 16.1. The molecule has 0 aromatic heterocycles. The Morgan fingerprint density at radius 1 is 0.950 bits per heavy atom. The maximum Gasteiger partial charge on any atom is 0.223 e. The summed E-state index contributed by atoms with van der Waals surface area (Å²) in [6.07, 6.45) is 12.4. The fraction of sp³-hybridized carbons (Fsp3) is 0.938. The zero-order valence-electron chi connectivity index (χ0n) is 12.4. The van der Waals surface area contributed by atoms with E-state index in [4.69, 9.17) is 5.73 Å². The Hall–Kier alpha value is -0.280. The molecular formula is C16H29ClN2O. The Labute approximate surface area is 128 Å². The molecule has 0 aliphatic heterocycles. The second kappa shape index (κ2) is 7.13. The lowest BCUT2D eigenvalue weighted by Gasteiger charge is -2.27. The molecule has 2 unspecified atom stereocenters. The quantitative estimate of drug-likeness (QED) is 0.842. The smallest absolute Gasteiger partial charge is 0.223 e. The second-order valence-corrected chi connectivity index (χ2v) is 7.02. The molecule has 0 saturated heterocycles. The molecule has 3 aliphatic rings. The van der Waals surface area contributed by atoms with Crippen molar-refractivity contribution in [3.8, 4) is 0 Å². The summed E-state index contributed by atoms with van der Waals surface area (Å²) in [4.78, 5) is 12.3. The van der Waals surface area contributed by atoms with E-state index in [1.54, 1.807) is 0 Å². The molecule has 0 spiro atoms. The average molecular weight is 301 g/mol. The minimum Gasteiger partial charge on any atom is -0.353 e. The summed E-state index contributed by atoms with van der Waals surface area (Å²) in [6.45, 7) is 0. The minimum atomic E-state index is 0.